The summed E-state index contributed by atoms with van der Waals surface area (Å²) in [6.07, 6.45) is 9.97. The number of nitrogens with zero attached hydrogens (tertiary/aromatic N) is 2. The van der Waals surface area contributed by atoms with Crippen LogP contribution in [-0.2, 0) is 0 Å². The molecule has 0 spiro atoms. The highest BCUT2D eigenvalue weighted by atomic mass is 16.2. The lowest BCUT2D eigenvalue weighted by Crippen LogP contribution is -2.43. The van der Waals surface area contributed by atoms with Crippen molar-refractivity contribution < 1.29 is 4.79 Å². The van der Waals surface area contributed by atoms with Gasteiger partial charge in [0, 0.05) is 19.6 Å². The Balaban J connectivity index is 2.52. The number of urea groups is 1. The number of hydrogen-bond donors (Lipinski definition) is 0. The fraction of sp³-hybridized carbons (Fsp3) is 0.750. The first-order chi connectivity index (χ1) is 7.29. The Morgan fingerprint density at radius 3 is 2.40 bits per heavy atom. The van der Waals surface area contributed by atoms with E-state index in [0.717, 1.165) is 25.9 Å². The van der Waals surface area contributed by atoms with Gasteiger partial charge in [0.25, 0.3) is 0 Å². The summed E-state index contributed by atoms with van der Waals surface area (Å²) in [4.78, 5) is 15.7. The number of rotatable bonds is 2. The number of amides is 2. The largest absolute Gasteiger partial charge is 0.325 e. The second kappa shape index (κ2) is 6.34. The van der Waals surface area contributed by atoms with Crippen LogP contribution in [0.5, 0.6) is 0 Å². The van der Waals surface area contributed by atoms with Crippen molar-refractivity contribution >= 4 is 6.03 Å². The topological polar surface area (TPSA) is 23.6 Å². The highest BCUT2D eigenvalue weighted by Gasteiger charge is 2.19. The van der Waals surface area contributed by atoms with E-state index in [1.54, 1.807) is 4.90 Å². The zero-order valence-electron chi connectivity index (χ0n) is 9.54. The summed E-state index contributed by atoms with van der Waals surface area (Å²) < 4.78 is 0. The van der Waals surface area contributed by atoms with Crippen LogP contribution in [0.25, 0.3) is 0 Å². The normalized spacial score (nSPS) is 16.7. The molecule has 1 saturated heterocycles. The van der Waals surface area contributed by atoms with E-state index in [1.165, 1.54) is 12.8 Å². The van der Waals surface area contributed by atoms with Crippen molar-refractivity contribution in [3.05, 3.63) is 0 Å². The average Bonchev–Trinajstić information content (AvgIpc) is 2.53. The lowest BCUT2D eigenvalue weighted by molar-refractivity contribution is 0.162. The molecule has 3 nitrogen and oxygen atoms in total. The van der Waals surface area contributed by atoms with Crippen molar-refractivity contribution in [3.63, 3.8) is 0 Å². The van der Waals surface area contributed by atoms with Gasteiger partial charge >= 0.3 is 6.03 Å². The summed E-state index contributed by atoms with van der Waals surface area (Å²) >= 11 is 0. The highest BCUT2D eigenvalue weighted by Crippen LogP contribution is 2.11. The molecule has 15 heavy (non-hydrogen) atoms. The first-order valence-electron chi connectivity index (χ1n) is 5.77. The summed E-state index contributed by atoms with van der Waals surface area (Å²) in [5.74, 6) is 2.53. The van der Waals surface area contributed by atoms with Crippen LogP contribution >= 0.6 is 0 Å². The molecular weight excluding hydrogens is 188 g/mol. The molecule has 0 aliphatic carbocycles. The van der Waals surface area contributed by atoms with Gasteiger partial charge in [-0.2, -0.15) is 0 Å². The molecule has 1 aliphatic heterocycles. The van der Waals surface area contributed by atoms with Gasteiger partial charge in [0.15, 0.2) is 0 Å². The molecule has 2 amide bonds. The number of carbonyl (C=O) groups excluding carboxylic acids is 1. The van der Waals surface area contributed by atoms with Crippen LogP contribution in [0.1, 0.15) is 32.6 Å². The van der Waals surface area contributed by atoms with Gasteiger partial charge in [0.1, 0.15) is 0 Å². The zero-order valence-corrected chi connectivity index (χ0v) is 9.54. The molecule has 0 bridgehead atoms. The van der Waals surface area contributed by atoms with Gasteiger partial charge in [-0.15, -0.1) is 6.42 Å². The summed E-state index contributed by atoms with van der Waals surface area (Å²) in [6, 6.07) is 0.109. The van der Waals surface area contributed by atoms with Gasteiger partial charge in [-0.1, -0.05) is 18.8 Å². The summed E-state index contributed by atoms with van der Waals surface area (Å²) in [6.45, 7) is 4.86. The van der Waals surface area contributed by atoms with E-state index < -0.39 is 0 Å². The Morgan fingerprint density at radius 1 is 1.33 bits per heavy atom. The Morgan fingerprint density at radius 2 is 1.93 bits per heavy atom. The molecule has 0 atom stereocenters. The van der Waals surface area contributed by atoms with Crippen molar-refractivity contribution in [1.82, 2.24) is 9.80 Å². The van der Waals surface area contributed by atoms with Gasteiger partial charge in [-0.25, -0.2) is 4.79 Å². The summed E-state index contributed by atoms with van der Waals surface area (Å²) in [5.41, 5.74) is 0. The quantitative estimate of drug-likeness (QED) is 0.636. The van der Waals surface area contributed by atoms with Crippen LogP contribution in [0, 0.1) is 12.3 Å². The Kier molecular flexibility index (Phi) is 5.03. The second-order valence-corrected chi connectivity index (χ2v) is 3.90. The van der Waals surface area contributed by atoms with Crippen LogP contribution in [-0.4, -0.2) is 42.0 Å². The van der Waals surface area contributed by atoms with Crippen molar-refractivity contribution in [2.45, 2.75) is 32.6 Å². The fourth-order valence-electron chi connectivity index (χ4n) is 1.89. The molecule has 0 unspecified atom stereocenters. The third kappa shape index (κ3) is 3.47. The SMILES string of the molecule is C#CCN(CC)C(=O)N1CCCCCC1. The molecule has 3 heteroatoms. The first-order valence-corrected chi connectivity index (χ1v) is 5.77. The van der Waals surface area contributed by atoms with Crippen molar-refractivity contribution in [2.75, 3.05) is 26.2 Å². The third-order valence-corrected chi connectivity index (χ3v) is 2.81. The molecule has 1 rings (SSSR count). The van der Waals surface area contributed by atoms with E-state index in [2.05, 4.69) is 5.92 Å². The number of hydrogen-bond acceptors (Lipinski definition) is 1. The molecule has 0 radical (unpaired) electrons. The standard InChI is InChI=1S/C12H20N2O/c1-3-9-13(4-2)12(15)14-10-7-5-6-8-11-14/h1H,4-11H2,2H3. The maximum absolute atomic E-state index is 12.0. The van der Waals surface area contributed by atoms with Crippen LogP contribution in [0.4, 0.5) is 4.79 Å². The predicted octanol–water partition coefficient (Wildman–Crippen LogP) is 1.94. The monoisotopic (exact) mass is 208 g/mol. The third-order valence-electron chi connectivity index (χ3n) is 2.81. The minimum Gasteiger partial charge on any atom is -0.325 e. The summed E-state index contributed by atoms with van der Waals surface area (Å²) in [7, 11) is 0. The smallest absolute Gasteiger partial charge is 0.320 e. The van der Waals surface area contributed by atoms with Gasteiger partial charge in [-0.05, 0) is 19.8 Å². The van der Waals surface area contributed by atoms with E-state index >= 15 is 0 Å². The zero-order chi connectivity index (χ0) is 11.1. The van der Waals surface area contributed by atoms with E-state index in [0.29, 0.717) is 13.1 Å². The lowest BCUT2D eigenvalue weighted by atomic mass is 10.2. The molecule has 1 aliphatic rings. The second-order valence-electron chi connectivity index (χ2n) is 3.90. The lowest BCUT2D eigenvalue weighted by Gasteiger charge is -2.27. The molecule has 0 N–H and O–H groups in total. The predicted molar refractivity (Wildman–Crippen MR) is 61.5 cm³/mol. The Labute approximate surface area is 92.4 Å². The number of likely N-dealkylation sites (tertiary alicyclic amines) is 1. The number of carbonyl (C=O) groups is 1. The van der Waals surface area contributed by atoms with E-state index in [-0.39, 0.29) is 6.03 Å². The first kappa shape index (κ1) is 11.9. The van der Waals surface area contributed by atoms with E-state index in [4.69, 9.17) is 6.42 Å². The maximum Gasteiger partial charge on any atom is 0.320 e. The van der Waals surface area contributed by atoms with Crippen LogP contribution in [0.15, 0.2) is 0 Å². The molecule has 0 aromatic rings. The van der Waals surface area contributed by atoms with Crippen molar-refractivity contribution in [3.8, 4) is 12.3 Å². The maximum atomic E-state index is 12.0. The fourth-order valence-corrected chi connectivity index (χ4v) is 1.89. The average molecular weight is 208 g/mol. The molecule has 1 fully saturated rings. The number of terminal acetylenes is 1. The molecule has 84 valence electrons. The van der Waals surface area contributed by atoms with Crippen LogP contribution in [0.3, 0.4) is 0 Å². The van der Waals surface area contributed by atoms with Crippen LogP contribution < -0.4 is 0 Å². The van der Waals surface area contributed by atoms with Gasteiger partial charge in [0.2, 0.25) is 0 Å². The van der Waals surface area contributed by atoms with Crippen molar-refractivity contribution in [2.24, 2.45) is 0 Å². The van der Waals surface area contributed by atoms with Gasteiger partial charge in [0.05, 0.1) is 6.54 Å². The molecular formula is C12H20N2O. The highest BCUT2D eigenvalue weighted by molar-refractivity contribution is 5.74. The van der Waals surface area contributed by atoms with Crippen LogP contribution in [0.2, 0.25) is 0 Å². The molecule has 0 saturated carbocycles. The summed E-state index contributed by atoms with van der Waals surface area (Å²) in [5, 5.41) is 0. The van der Waals surface area contributed by atoms with Gasteiger partial charge in [-0.3, -0.25) is 0 Å². The van der Waals surface area contributed by atoms with E-state index in [1.807, 2.05) is 11.8 Å². The molecule has 0 aromatic heterocycles. The minimum absolute atomic E-state index is 0.109. The molecule has 1 heterocycles. The Hall–Kier alpha value is -1.17. The Bertz CT molecular complexity index is 236. The van der Waals surface area contributed by atoms with Crippen molar-refractivity contribution in [1.29, 1.82) is 0 Å². The van der Waals surface area contributed by atoms with Gasteiger partial charge < -0.3 is 9.80 Å². The van der Waals surface area contributed by atoms with E-state index in [9.17, 15) is 4.79 Å². The molecule has 0 aromatic carbocycles. The minimum atomic E-state index is 0.109.